The van der Waals surface area contributed by atoms with Crippen LogP contribution in [-0.4, -0.2) is 61.5 Å². The van der Waals surface area contributed by atoms with Crippen molar-refractivity contribution in [1.29, 1.82) is 0 Å². The van der Waals surface area contributed by atoms with E-state index in [1.54, 1.807) is 48.5 Å². The average Bonchev–Trinajstić information content (AvgIpc) is 3.27. The number of azo groups is 2. The van der Waals surface area contributed by atoms with Crippen molar-refractivity contribution in [2.45, 2.75) is 37.7 Å². The minimum atomic E-state index is -1.67. The first-order valence-electron chi connectivity index (χ1n) is 18.9. The van der Waals surface area contributed by atoms with Gasteiger partial charge < -0.3 is 30.7 Å². The monoisotopic (exact) mass is 946 g/mol. The third kappa shape index (κ3) is 12.7. The number of amides is 4. The summed E-state index contributed by atoms with van der Waals surface area (Å²) >= 11 is 24.4. The lowest BCUT2D eigenvalue weighted by Crippen LogP contribution is -2.32. The Hall–Kier alpha value is -6.72. The lowest BCUT2D eigenvalue weighted by molar-refractivity contribution is -0.127. The number of methoxy groups -OCH3 is 2. The van der Waals surface area contributed by atoms with Crippen LogP contribution in [-0.2, 0) is 30.9 Å². The molecule has 330 valence electrons. The number of ether oxygens (including phenoxy) is 2. The quantitative estimate of drug-likeness (QED) is 0.0375. The Bertz CT molecular complexity index is 2650. The van der Waals surface area contributed by atoms with E-state index in [9.17, 15) is 28.8 Å². The van der Waals surface area contributed by atoms with Crippen molar-refractivity contribution in [3.63, 3.8) is 0 Å². The Balaban J connectivity index is 1.30. The summed E-state index contributed by atoms with van der Waals surface area (Å²) in [5.74, 6) is -3.77. The lowest BCUT2D eigenvalue weighted by atomic mass is 10.1. The molecule has 0 saturated carbocycles. The molecular formula is C44H38Cl4N8O8. The van der Waals surface area contributed by atoms with Gasteiger partial charge in [0.1, 0.15) is 17.2 Å². The van der Waals surface area contributed by atoms with E-state index in [1.807, 2.05) is 0 Å². The van der Waals surface area contributed by atoms with Gasteiger partial charge in [0, 0.05) is 41.0 Å². The van der Waals surface area contributed by atoms with Crippen LogP contribution in [0.15, 0.2) is 118 Å². The van der Waals surface area contributed by atoms with E-state index in [0.29, 0.717) is 11.4 Å². The number of anilines is 4. The molecule has 0 spiro atoms. The van der Waals surface area contributed by atoms with E-state index in [2.05, 4.69) is 41.7 Å². The molecule has 0 aliphatic rings. The highest BCUT2D eigenvalue weighted by molar-refractivity contribution is 6.35. The first kappa shape index (κ1) is 48.3. The van der Waals surface area contributed by atoms with Crippen LogP contribution in [0.4, 0.5) is 34.1 Å². The summed E-state index contributed by atoms with van der Waals surface area (Å²) < 4.78 is 11.0. The number of nitrogens with zero attached hydrogens (tertiary/aromatic N) is 4. The summed E-state index contributed by atoms with van der Waals surface area (Å²) in [6.45, 7) is 2.29. The molecule has 4 amide bonds. The van der Waals surface area contributed by atoms with Gasteiger partial charge in [-0.2, -0.15) is 20.5 Å². The van der Waals surface area contributed by atoms with Gasteiger partial charge in [-0.3, -0.25) is 28.8 Å². The Morgan fingerprint density at radius 2 is 0.969 bits per heavy atom. The highest BCUT2D eigenvalue weighted by atomic mass is 35.5. The van der Waals surface area contributed by atoms with Crippen molar-refractivity contribution in [2.75, 3.05) is 35.5 Å². The summed E-state index contributed by atoms with van der Waals surface area (Å²) in [6, 6.07) is 21.7. The van der Waals surface area contributed by atoms with Gasteiger partial charge in [-0.25, -0.2) is 0 Å². The molecule has 0 aliphatic carbocycles. The molecule has 0 aromatic heterocycles. The fourth-order valence-corrected chi connectivity index (χ4v) is 6.49. The van der Waals surface area contributed by atoms with Crippen LogP contribution in [0.2, 0.25) is 10.0 Å². The second-order valence-corrected chi connectivity index (χ2v) is 14.9. The largest absolute Gasteiger partial charge is 0.494 e. The summed E-state index contributed by atoms with van der Waals surface area (Å²) in [7, 11) is 2.57. The molecule has 0 radical (unpaired) electrons. The number of Topliss-reactive ketones (excluding diaryl/α,β-unsaturated/α-hetero) is 2. The number of carbonyl (C=O) groups excluding carboxylic acids is 6. The number of alkyl halides is 2. The van der Waals surface area contributed by atoms with Crippen LogP contribution >= 0.6 is 46.4 Å². The van der Waals surface area contributed by atoms with E-state index in [0.717, 1.165) is 25.0 Å². The van der Waals surface area contributed by atoms with E-state index < -0.39 is 47.3 Å². The Kier molecular flexibility index (Phi) is 17.0. The highest BCUT2D eigenvalue weighted by Crippen LogP contribution is 2.38. The van der Waals surface area contributed by atoms with Gasteiger partial charge in [0.25, 0.3) is 23.6 Å². The van der Waals surface area contributed by atoms with Crippen LogP contribution in [0.1, 0.15) is 45.7 Å². The first-order chi connectivity index (χ1) is 30.6. The Morgan fingerprint density at radius 1 is 0.547 bits per heavy atom. The van der Waals surface area contributed by atoms with Crippen molar-refractivity contribution in [2.24, 2.45) is 20.5 Å². The Labute approximate surface area is 386 Å². The molecule has 4 N–H and O–H groups in total. The zero-order valence-corrected chi connectivity index (χ0v) is 37.4. The van der Waals surface area contributed by atoms with E-state index in [-0.39, 0.29) is 67.2 Å². The molecule has 16 nitrogen and oxygen atoms in total. The van der Waals surface area contributed by atoms with E-state index in [1.165, 1.54) is 62.8 Å². The first-order valence-corrected chi connectivity index (χ1v) is 20.7. The summed E-state index contributed by atoms with van der Waals surface area (Å²) in [4.78, 5) is 78.4. The van der Waals surface area contributed by atoms with Crippen LogP contribution in [0.5, 0.6) is 11.5 Å². The van der Waals surface area contributed by atoms with Gasteiger partial charge in [0.2, 0.25) is 12.1 Å². The second kappa shape index (κ2) is 22.6. The van der Waals surface area contributed by atoms with Crippen molar-refractivity contribution in [3.05, 3.63) is 129 Å². The number of nitrogens with one attached hydrogen (secondary N) is 4. The summed E-state index contributed by atoms with van der Waals surface area (Å²) in [5, 5.41) is 26.9. The van der Waals surface area contributed by atoms with E-state index in [4.69, 9.17) is 55.9 Å². The number of benzene rings is 5. The van der Waals surface area contributed by atoms with Crippen molar-refractivity contribution in [3.8, 4) is 11.5 Å². The molecule has 64 heavy (non-hydrogen) atoms. The fourth-order valence-electron chi connectivity index (χ4n) is 5.76. The lowest BCUT2D eigenvalue weighted by Gasteiger charge is -2.18. The van der Waals surface area contributed by atoms with Crippen LogP contribution in [0, 0.1) is 0 Å². The Morgan fingerprint density at radius 3 is 1.36 bits per heavy atom. The van der Waals surface area contributed by atoms with Gasteiger partial charge in [-0.1, -0.05) is 47.5 Å². The molecule has 2 atom stereocenters. The maximum atomic E-state index is 13.5. The molecule has 0 bridgehead atoms. The molecule has 0 saturated heterocycles. The van der Waals surface area contributed by atoms with Gasteiger partial charge in [-0.05, 0) is 85.6 Å². The maximum absolute atomic E-state index is 13.5. The molecule has 5 aromatic carbocycles. The van der Waals surface area contributed by atoms with Gasteiger partial charge in [0.15, 0.2) is 11.6 Å². The van der Waals surface area contributed by atoms with Crippen molar-refractivity contribution in [1.82, 2.24) is 0 Å². The van der Waals surface area contributed by atoms with Crippen LogP contribution in [0.25, 0.3) is 0 Å². The van der Waals surface area contributed by atoms with Gasteiger partial charge >= 0.3 is 0 Å². The highest BCUT2D eigenvalue weighted by Gasteiger charge is 2.28. The fraction of sp³-hybridized carbons (Fsp3) is 0.182. The molecule has 20 heteroatoms. The van der Waals surface area contributed by atoms with Crippen LogP contribution < -0.4 is 30.7 Å². The number of ketones is 2. The normalized spacial score (nSPS) is 12.0. The standard InChI is InChI=1S/C44H38Cl4N8O8/c1-23(57)38(55-53-29-11-13-34(47)32(17-29)41(59)49-27-9-5-7-25(15-27)21-45)43(61)51-31-19-36(63-3)40(37(20-31)64-4)52-44(62)39(24(2)58)56-54-30-12-14-35(48)33(18-30)42(60)50-28-10-6-8-26(16-28)22-46/h5-20,38-39H,21-22H2,1-4H3,(H,49,59)(H,50,60)(H,51,61)(H,52,62). The minimum absolute atomic E-state index is 0.0189. The molecule has 0 aliphatic heterocycles. The molecule has 5 aromatic rings. The zero-order chi connectivity index (χ0) is 46.5. The SMILES string of the molecule is COc1cc(NC(=O)C(N=Nc2ccc(Cl)c(C(=O)Nc3cccc(CCl)c3)c2)C(C)=O)cc(OC)c1NC(=O)C(N=Nc1ccc(Cl)c(C(=O)Nc2cccc(CCl)c2)c1)C(C)=O. The third-order valence-electron chi connectivity index (χ3n) is 8.93. The topological polar surface area (TPSA) is 218 Å². The molecule has 0 fully saturated rings. The predicted octanol–water partition coefficient (Wildman–Crippen LogP) is 10.4. The van der Waals surface area contributed by atoms with E-state index >= 15 is 0 Å². The summed E-state index contributed by atoms with van der Waals surface area (Å²) in [6.07, 6.45) is 0. The molecule has 2 unspecified atom stereocenters. The molecular weight excluding hydrogens is 910 g/mol. The third-order valence-corrected chi connectivity index (χ3v) is 10.2. The number of rotatable bonds is 18. The average molecular weight is 949 g/mol. The predicted molar refractivity (Wildman–Crippen MR) is 246 cm³/mol. The number of hydrogen-bond donors (Lipinski definition) is 4. The number of halogens is 4. The molecule has 0 heterocycles. The minimum Gasteiger partial charge on any atom is -0.494 e. The number of carbonyl (C=O) groups is 6. The van der Waals surface area contributed by atoms with Crippen LogP contribution in [0.3, 0.4) is 0 Å². The van der Waals surface area contributed by atoms with Crippen molar-refractivity contribution < 1.29 is 38.2 Å². The molecule has 5 rings (SSSR count). The van der Waals surface area contributed by atoms with Gasteiger partial charge in [0.05, 0.1) is 46.8 Å². The zero-order valence-electron chi connectivity index (χ0n) is 34.4. The smallest absolute Gasteiger partial charge is 0.259 e. The van der Waals surface area contributed by atoms with Crippen molar-refractivity contribution >= 4 is 116 Å². The van der Waals surface area contributed by atoms with Gasteiger partial charge in [-0.15, -0.1) is 23.2 Å². The second-order valence-electron chi connectivity index (χ2n) is 13.6. The summed E-state index contributed by atoms with van der Waals surface area (Å²) in [5.41, 5.74) is 2.96. The number of hydrogen-bond acceptors (Lipinski definition) is 12. The maximum Gasteiger partial charge on any atom is 0.259 e.